The molecule has 0 spiro atoms. The minimum absolute atomic E-state index is 0.0173. The summed E-state index contributed by atoms with van der Waals surface area (Å²) in [7, 11) is 3.11. The lowest BCUT2D eigenvalue weighted by Gasteiger charge is -2.42. The second kappa shape index (κ2) is 44.5. The van der Waals surface area contributed by atoms with Crippen LogP contribution in [-0.4, -0.2) is 269 Å². The molecule has 6 fully saturated rings. The summed E-state index contributed by atoms with van der Waals surface area (Å²) in [5.74, 6) is -6.88. The largest absolute Gasteiger partial charge is 0.504 e. The van der Waals surface area contributed by atoms with E-state index in [0.29, 0.717) is 103 Å². The molecule has 2 bridgehead atoms. The maximum Gasteiger partial charge on any atom is 0.254 e. The monoisotopic (exact) mass is 1900 g/mol. The van der Waals surface area contributed by atoms with Gasteiger partial charge in [-0.2, -0.15) is 0 Å². The maximum absolute atomic E-state index is 12.9. The van der Waals surface area contributed by atoms with Gasteiger partial charge in [-0.3, -0.25) is 43.2 Å². The van der Waals surface area contributed by atoms with Crippen molar-refractivity contribution in [1.29, 1.82) is 0 Å². The van der Waals surface area contributed by atoms with Crippen LogP contribution < -0.4 is 26.6 Å². The van der Waals surface area contributed by atoms with Crippen LogP contribution in [-0.2, 0) is 74.0 Å². The quantitative estimate of drug-likeness (QED) is 0.0314. The van der Waals surface area contributed by atoms with E-state index in [4.69, 9.17) is 0 Å². The number of amides is 9. The van der Waals surface area contributed by atoms with E-state index in [1.54, 1.807) is 72.4 Å². The lowest BCUT2D eigenvalue weighted by atomic mass is 9.81. The Morgan fingerprint density at radius 2 is 0.659 bits per heavy atom. The lowest BCUT2D eigenvalue weighted by Crippen LogP contribution is -2.63. The predicted octanol–water partition coefficient (Wildman–Crippen LogP) is 6.68. The minimum Gasteiger partial charge on any atom is -0.504 e. The fourth-order valence-electron chi connectivity index (χ4n) is 17.2. The van der Waals surface area contributed by atoms with Crippen LogP contribution in [0.3, 0.4) is 0 Å². The van der Waals surface area contributed by atoms with Gasteiger partial charge < -0.3 is 153 Å². The van der Waals surface area contributed by atoms with Crippen molar-refractivity contribution in [3.8, 4) is 115 Å². The molecule has 9 unspecified atom stereocenters. The Balaban J connectivity index is 0.000000155. The number of likely N-dealkylation sites (tertiary alicyclic amines) is 3. The highest BCUT2D eigenvalue weighted by Gasteiger charge is 2.48. The number of carbonyl (C=O) groups is 9. The van der Waals surface area contributed by atoms with Crippen LogP contribution >= 0.6 is 0 Å². The number of carbonyl (C=O) groups excluding carboxylic acids is 9. The number of rotatable bonds is 22. The highest BCUT2D eigenvalue weighted by Crippen LogP contribution is 2.39. The molecule has 6 aliphatic rings. The fraction of sp³-hybridized carbons (Fsp3) is 0.303. The summed E-state index contributed by atoms with van der Waals surface area (Å²) >= 11 is 0. The third-order valence-electron chi connectivity index (χ3n) is 24.8. The molecule has 0 radical (unpaired) electrons. The zero-order valence-electron chi connectivity index (χ0n) is 74.8. The molecule has 9 atom stereocenters. The van der Waals surface area contributed by atoms with Gasteiger partial charge in [0.15, 0.2) is 115 Å². The smallest absolute Gasteiger partial charge is 0.254 e. The number of hydrogen-bond acceptors (Lipinski definition) is 30. The summed E-state index contributed by atoms with van der Waals surface area (Å²) < 4.78 is 0. The summed E-state index contributed by atoms with van der Waals surface area (Å²) in [5.41, 5.74) is 5.37. The van der Waals surface area contributed by atoms with Crippen molar-refractivity contribution in [3.05, 3.63) is 238 Å². The molecule has 1 aliphatic carbocycles. The van der Waals surface area contributed by atoms with Crippen molar-refractivity contribution in [3.63, 3.8) is 0 Å². The summed E-state index contributed by atoms with van der Waals surface area (Å²) in [6.45, 7) is 3.46. The Hall–Kier alpha value is -16.6. The first-order valence-electron chi connectivity index (χ1n) is 44.1. The number of likely N-dealkylation sites (N-methyl/N-ethyl adjacent to an activating group) is 2. The number of hydrogen-bond donors (Lipinski definition) is 25. The van der Waals surface area contributed by atoms with Gasteiger partial charge in [0.2, 0.25) is 35.4 Å². The van der Waals surface area contributed by atoms with Gasteiger partial charge in [0.25, 0.3) is 17.7 Å². The summed E-state index contributed by atoms with van der Waals surface area (Å²) in [6, 6.07) is 38.4. The zero-order valence-corrected chi connectivity index (χ0v) is 74.8. The Kier molecular flexibility index (Phi) is 32.4. The third kappa shape index (κ3) is 25.3. The van der Waals surface area contributed by atoms with E-state index in [-0.39, 0.29) is 230 Å². The van der Waals surface area contributed by atoms with Gasteiger partial charge in [0, 0.05) is 95.7 Å². The van der Waals surface area contributed by atoms with Crippen LogP contribution in [0.15, 0.2) is 182 Å². The lowest BCUT2D eigenvalue weighted by molar-refractivity contribution is -0.158. The Morgan fingerprint density at radius 1 is 0.333 bits per heavy atom. The van der Waals surface area contributed by atoms with Gasteiger partial charge in [-0.25, -0.2) is 0 Å². The first kappa shape index (κ1) is 100. The molecule has 5 saturated heterocycles. The standard InChI is InChI=1S/C22H28N2O5.2C20H22N2O6.C19H18N2O6.C18H18N2O6/c25-18-6-4-16(9-20(18)27)12-23-11-14-2-1-3-15(8-14)13-24-22(29)17-5-7-19(26)21(28)10-17;1-21-13(7-11-3-5-15(23)17(25)9-11)20(28)22(2)14(19(21)27)8-12-4-6-16(24)18(26)10-12;23-15-5-3-12(8-17(15)25)10-19(27)22-7-1-2-14(22)20(28)21-11-13-4-6-16(24)18(26)9-13;22-14-3-1-10(5-16(14)24)18(26)20-8-13-7-12(20)9-21(13)19(27)11-2-4-15(23)17(25)6-11;21-13-3-1-9(7-15(13)23)5-11-17(25)20-12(18(26)19-11)6-10-2-4-14(22)16(24)8-10/h4-7,9-10,14-15,23,25-28H,1-3,8,11-13H2,(H,24,29);3-6,9-10,13-14,23-26H,7-8H2,1-2H3;3-6,8-9,14,23-26H,1-2,7,10-11H2,(H,21,28);1-6,12-13,22-25H,7-9H2;1-4,7-8,11-12,21-24H,5-6H2,(H,19,26)(H,20,25). The molecule has 10 aromatic rings. The van der Waals surface area contributed by atoms with Crippen LogP contribution in [0, 0.1) is 11.8 Å². The SMILES string of the molecule is CN1C(=O)C(Cc2ccc(O)c(O)c2)N(C)C(=O)C1Cc1ccc(O)c(O)c1.O=C(NCC1CCCC(CNCc2ccc(O)c(O)c2)C1)c1ccc(O)c(O)c1.O=C(NCc1ccc(O)c(O)c1)C1CCCN1C(=O)Cc1ccc(O)c(O)c1.O=C(c1ccc(O)c(O)c1)N1CC2CC1CN2C(=O)c1ccc(O)c(O)c1.O=C1NC(Cc2ccc(O)c(O)c2)C(=O)NC1Cc1ccc(O)c(O)c1. The predicted molar refractivity (Wildman–Crippen MR) is 494 cm³/mol. The number of phenolic OH excluding ortho intramolecular Hbond substituents is 20. The van der Waals surface area contributed by atoms with Crippen molar-refractivity contribution in [2.45, 2.75) is 132 Å². The second-order valence-corrected chi connectivity index (χ2v) is 34.6. The van der Waals surface area contributed by atoms with Crippen molar-refractivity contribution >= 4 is 53.2 Å². The third-order valence-corrected chi connectivity index (χ3v) is 24.8. The highest BCUT2D eigenvalue weighted by molar-refractivity contribution is 6.00. The molecule has 10 aromatic carbocycles. The number of nitrogens with zero attached hydrogens (tertiary/aromatic N) is 5. The summed E-state index contributed by atoms with van der Waals surface area (Å²) in [5, 5.41) is 204. The minimum atomic E-state index is -0.795. The molecule has 39 heteroatoms. The van der Waals surface area contributed by atoms with Crippen LogP contribution in [0.1, 0.15) is 115 Å². The van der Waals surface area contributed by atoms with Gasteiger partial charge in [-0.15, -0.1) is 0 Å². The van der Waals surface area contributed by atoms with Crippen LogP contribution in [0.4, 0.5) is 0 Å². The number of phenols is 20. The molecule has 5 aliphatic heterocycles. The molecule has 16 rings (SSSR count). The molecule has 0 aromatic heterocycles. The summed E-state index contributed by atoms with van der Waals surface area (Å²) in [6.07, 6.45) is 7.03. The highest BCUT2D eigenvalue weighted by atomic mass is 16.3. The molecule has 5 heterocycles. The molecular formula is C99H108N10O29. The molecule has 1 saturated carbocycles. The van der Waals surface area contributed by atoms with Crippen LogP contribution in [0.5, 0.6) is 115 Å². The van der Waals surface area contributed by atoms with Crippen molar-refractivity contribution < 1.29 is 145 Å². The summed E-state index contributed by atoms with van der Waals surface area (Å²) in [4.78, 5) is 121. The van der Waals surface area contributed by atoms with E-state index in [9.17, 15) is 145 Å². The van der Waals surface area contributed by atoms with Gasteiger partial charge >= 0.3 is 0 Å². The van der Waals surface area contributed by atoms with Gasteiger partial charge in [0.1, 0.15) is 30.2 Å². The number of nitrogens with one attached hydrogen (secondary N) is 5. The zero-order chi connectivity index (χ0) is 99.8. The first-order chi connectivity index (χ1) is 65.6. The van der Waals surface area contributed by atoms with Gasteiger partial charge in [0.05, 0.1) is 18.5 Å². The van der Waals surface area contributed by atoms with E-state index < -0.39 is 30.2 Å². The number of aromatic hydroxyl groups is 20. The van der Waals surface area contributed by atoms with Gasteiger partial charge in [-0.1, -0.05) is 48.9 Å². The average molecular weight is 1900 g/mol. The number of fused-ring (bicyclic) bond motifs is 2. The fourth-order valence-corrected chi connectivity index (χ4v) is 17.2. The van der Waals surface area contributed by atoms with E-state index in [1.165, 1.54) is 148 Å². The number of benzene rings is 10. The van der Waals surface area contributed by atoms with Crippen molar-refractivity contribution in [2.24, 2.45) is 11.8 Å². The second-order valence-electron chi connectivity index (χ2n) is 34.6. The van der Waals surface area contributed by atoms with Crippen LogP contribution in [0.25, 0.3) is 0 Å². The number of piperazine rings is 3. The van der Waals surface area contributed by atoms with E-state index in [0.717, 1.165) is 37.8 Å². The van der Waals surface area contributed by atoms with Crippen molar-refractivity contribution in [1.82, 2.24) is 51.1 Å². The van der Waals surface area contributed by atoms with Crippen molar-refractivity contribution in [2.75, 3.05) is 46.8 Å². The first-order valence-corrected chi connectivity index (χ1v) is 44.1. The Bertz CT molecular complexity index is 5980. The van der Waals surface area contributed by atoms with E-state index >= 15 is 0 Å². The van der Waals surface area contributed by atoms with E-state index in [1.807, 2.05) is 0 Å². The van der Waals surface area contributed by atoms with Crippen LogP contribution in [0.2, 0.25) is 0 Å². The maximum atomic E-state index is 12.9. The molecule has 25 N–H and O–H groups in total. The molecule has 138 heavy (non-hydrogen) atoms. The topological polar surface area (TPSA) is 635 Å². The molecule has 728 valence electrons. The average Bonchev–Trinajstić information content (AvgIpc) is 1.59. The van der Waals surface area contributed by atoms with Gasteiger partial charge in [-0.05, 0) is 235 Å². The molecular weight excluding hydrogens is 1790 g/mol. The Morgan fingerprint density at radius 3 is 1.04 bits per heavy atom. The normalized spacial score (nSPS) is 19.1. The molecule has 9 amide bonds. The Labute approximate surface area is 789 Å². The molecule has 39 nitrogen and oxygen atoms in total. The van der Waals surface area contributed by atoms with E-state index in [2.05, 4.69) is 26.6 Å².